The summed E-state index contributed by atoms with van der Waals surface area (Å²) in [6.07, 6.45) is 1.55. The third-order valence-corrected chi connectivity index (χ3v) is 6.69. The Kier molecular flexibility index (Phi) is 4.70. The first-order valence-corrected chi connectivity index (χ1v) is 10.1. The molecule has 4 rings (SSSR count). The van der Waals surface area contributed by atoms with E-state index < -0.39 is 11.5 Å². The first-order valence-electron chi connectivity index (χ1n) is 10.1. The topological polar surface area (TPSA) is 85.4 Å². The van der Waals surface area contributed by atoms with E-state index in [1.54, 1.807) is 4.90 Å². The van der Waals surface area contributed by atoms with Crippen LogP contribution in [0.5, 0.6) is 0 Å². The van der Waals surface area contributed by atoms with Crippen molar-refractivity contribution in [1.82, 2.24) is 15.2 Å². The molecule has 28 heavy (non-hydrogen) atoms. The molecular weight excluding hydrogens is 354 g/mol. The van der Waals surface area contributed by atoms with Gasteiger partial charge in [-0.05, 0) is 56.7 Å². The van der Waals surface area contributed by atoms with Crippen molar-refractivity contribution in [3.05, 3.63) is 34.5 Å². The molecule has 2 atom stereocenters. The molecule has 2 aliphatic heterocycles. The van der Waals surface area contributed by atoms with E-state index in [1.807, 2.05) is 6.92 Å². The van der Waals surface area contributed by atoms with Crippen molar-refractivity contribution < 1.29 is 14.7 Å². The zero-order valence-electron chi connectivity index (χ0n) is 16.9. The SMILES string of the molecule is Cc1[nH]c2c(C)ccc(C)c2c1CC(=O)N1CC[C@H](O)[C@@]2(CCCNC2=O)C1. The molecule has 6 nitrogen and oxygen atoms in total. The number of nitrogens with one attached hydrogen (secondary N) is 2. The number of aromatic nitrogens is 1. The van der Waals surface area contributed by atoms with Gasteiger partial charge >= 0.3 is 0 Å². The summed E-state index contributed by atoms with van der Waals surface area (Å²) in [5.74, 6) is -0.0898. The van der Waals surface area contributed by atoms with Crippen LogP contribution in [0.4, 0.5) is 0 Å². The van der Waals surface area contributed by atoms with Gasteiger partial charge < -0.3 is 20.3 Å². The number of piperidine rings is 2. The Morgan fingerprint density at radius 3 is 2.79 bits per heavy atom. The summed E-state index contributed by atoms with van der Waals surface area (Å²) in [5, 5.41) is 14.6. The number of amides is 2. The Bertz CT molecular complexity index is 948. The number of aryl methyl sites for hydroxylation is 3. The van der Waals surface area contributed by atoms with Gasteiger partial charge in [-0.3, -0.25) is 9.59 Å². The second-order valence-electron chi connectivity index (χ2n) is 8.49. The van der Waals surface area contributed by atoms with E-state index in [9.17, 15) is 14.7 Å². The Balaban J connectivity index is 1.61. The normalized spacial score (nSPS) is 25.4. The van der Waals surface area contributed by atoms with Crippen LogP contribution in [0.1, 0.15) is 41.6 Å². The van der Waals surface area contributed by atoms with E-state index >= 15 is 0 Å². The zero-order valence-corrected chi connectivity index (χ0v) is 16.9. The number of fused-ring (bicyclic) bond motifs is 1. The minimum atomic E-state index is -0.853. The maximum atomic E-state index is 13.2. The average Bonchev–Trinajstić information content (AvgIpc) is 3.00. The van der Waals surface area contributed by atoms with Crippen LogP contribution >= 0.6 is 0 Å². The molecule has 2 aromatic rings. The summed E-state index contributed by atoms with van der Waals surface area (Å²) in [6, 6.07) is 4.19. The molecule has 6 heteroatoms. The minimum Gasteiger partial charge on any atom is -0.392 e. The summed E-state index contributed by atoms with van der Waals surface area (Å²) in [5.41, 5.74) is 4.62. The van der Waals surface area contributed by atoms with Gasteiger partial charge in [-0.15, -0.1) is 0 Å². The Morgan fingerprint density at radius 2 is 2.04 bits per heavy atom. The van der Waals surface area contributed by atoms with Crippen LogP contribution in [0.2, 0.25) is 0 Å². The molecule has 0 radical (unpaired) electrons. The minimum absolute atomic E-state index is 0.0227. The first-order chi connectivity index (χ1) is 13.3. The van der Waals surface area contributed by atoms with Crippen molar-refractivity contribution in [2.75, 3.05) is 19.6 Å². The molecule has 2 saturated heterocycles. The molecule has 3 heterocycles. The fraction of sp³-hybridized carbons (Fsp3) is 0.545. The smallest absolute Gasteiger partial charge is 0.230 e. The van der Waals surface area contributed by atoms with E-state index in [2.05, 4.69) is 36.3 Å². The molecule has 150 valence electrons. The number of likely N-dealkylation sites (tertiary alicyclic amines) is 1. The molecule has 2 aliphatic rings. The number of aliphatic hydroxyl groups is 1. The van der Waals surface area contributed by atoms with E-state index in [0.717, 1.165) is 34.1 Å². The van der Waals surface area contributed by atoms with Gasteiger partial charge in [-0.1, -0.05) is 12.1 Å². The van der Waals surface area contributed by atoms with Gasteiger partial charge in [0.05, 0.1) is 17.9 Å². The van der Waals surface area contributed by atoms with Crippen LogP contribution in [-0.2, 0) is 16.0 Å². The lowest BCUT2D eigenvalue weighted by molar-refractivity contribution is -0.154. The van der Waals surface area contributed by atoms with E-state index in [-0.39, 0.29) is 11.8 Å². The Labute approximate surface area is 165 Å². The van der Waals surface area contributed by atoms with Crippen molar-refractivity contribution >= 4 is 22.7 Å². The van der Waals surface area contributed by atoms with Gasteiger partial charge in [-0.25, -0.2) is 0 Å². The van der Waals surface area contributed by atoms with Crippen molar-refractivity contribution in [1.29, 1.82) is 0 Å². The monoisotopic (exact) mass is 383 g/mol. The molecular formula is C22H29N3O3. The average molecular weight is 383 g/mol. The van der Waals surface area contributed by atoms with Gasteiger partial charge in [-0.2, -0.15) is 0 Å². The lowest BCUT2D eigenvalue weighted by Crippen LogP contribution is -2.62. The maximum absolute atomic E-state index is 13.2. The molecule has 0 saturated carbocycles. The van der Waals surface area contributed by atoms with Gasteiger partial charge in [0.25, 0.3) is 0 Å². The van der Waals surface area contributed by atoms with Crippen LogP contribution in [0.25, 0.3) is 10.9 Å². The first kappa shape index (κ1) is 19.0. The number of carbonyl (C=O) groups is 2. The third kappa shape index (κ3) is 2.91. The molecule has 3 N–H and O–H groups in total. The van der Waals surface area contributed by atoms with Crippen molar-refractivity contribution in [3.63, 3.8) is 0 Å². The highest BCUT2D eigenvalue weighted by Gasteiger charge is 2.50. The van der Waals surface area contributed by atoms with E-state index in [4.69, 9.17) is 0 Å². The van der Waals surface area contributed by atoms with Crippen LogP contribution in [-0.4, -0.2) is 52.5 Å². The lowest BCUT2D eigenvalue weighted by atomic mass is 9.71. The molecule has 0 unspecified atom stereocenters. The zero-order chi connectivity index (χ0) is 20.1. The summed E-state index contributed by atoms with van der Waals surface area (Å²) in [4.78, 5) is 31.0. The van der Waals surface area contributed by atoms with Crippen LogP contribution in [0, 0.1) is 26.2 Å². The third-order valence-electron chi connectivity index (χ3n) is 6.69. The number of H-pyrrole nitrogens is 1. The Morgan fingerprint density at radius 1 is 1.29 bits per heavy atom. The number of carbonyl (C=O) groups excluding carboxylic acids is 2. The quantitative estimate of drug-likeness (QED) is 0.743. The summed E-state index contributed by atoms with van der Waals surface area (Å²) in [7, 11) is 0. The molecule has 2 fully saturated rings. The number of aromatic amines is 1. The summed E-state index contributed by atoms with van der Waals surface area (Å²) in [6.45, 7) is 7.60. The highest BCUT2D eigenvalue weighted by molar-refractivity contribution is 5.94. The molecule has 1 aromatic heterocycles. The second kappa shape index (κ2) is 6.92. The molecule has 0 bridgehead atoms. The highest BCUT2D eigenvalue weighted by Crippen LogP contribution is 2.38. The largest absolute Gasteiger partial charge is 0.392 e. The van der Waals surface area contributed by atoms with Crippen molar-refractivity contribution in [2.24, 2.45) is 5.41 Å². The number of rotatable bonds is 2. The maximum Gasteiger partial charge on any atom is 0.230 e. The van der Waals surface area contributed by atoms with E-state index in [0.29, 0.717) is 38.9 Å². The lowest BCUT2D eigenvalue weighted by Gasteiger charge is -2.46. The number of aliphatic hydroxyl groups excluding tert-OH is 1. The fourth-order valence-electron chi connectivity index (χ4n) is 4.95. The van der Waals surface area contributed by atoms with Crippen molar-refractivity contribution in [3.8, 4) is 0 Å². The predicted octanol–water partition coefficient (Wildman–Crippen LogP) is 2.13. The van der Waals surface area contributed by atoms with Gasteiger partial charge in [0.15, 0.2) is 0 Å². The summed E-state index contributed by atoms with van der Waals surface area (Å²) < 4.78 is 0. The summed E-state index contributed by atoms with van der Waals surface area (Å²) >= 11 is 0. The molecule has 2 amide bonds. The molecule has 0 aliphatic carbocycles. The van der Waals surface area contributed by atoms with Crippen LogP contribution < -0.4 is 5.32 Å². The van der Waals surface area contributed by atoms with E-state index in [1.165, 1.54) is 5.56 Å². The molecule has 1 spiro atoms. The Hall–Kier alpha value is -2.34. The predicted molar refractivity (Wildman–Crippen MR) is 108 cm³/mol. The second-order valence-corrected chi connectivity index (χ2v) is 8.49. The van der Waals surface area contributed by atoms with Crippen LogP contribution in [0.15, 0.2) is 12.1 Å². The van der Waals surface area contributed by atoms with Gasteiger partial charge in [0.1, 0.15) is 0 Å². The fourth-order valence-corrected chi connectivity index (χ4v) is 4.95. The van der Waals surface area contributed by atoms with Crippen LogP contribution in [0.3, 0.4) is 0 Å². The van der Waals surface area contributed by atoms with Gasteiger partial charge in [0.2, 0.25) is 11.8 Å². The molecule has 1 aromatic carbocycles. The number of hydrogen-bond donors (Lipinski definition) is 3. The number of hydrogen-bond acceptors (Lipinski definition) is 3. The van der Waals surface area contributed by atoms with Gasteiger partial charge in [0, 0.05) is 36.2 Å². The number of nitrogens with zero attached hydrogens (tertiary/aromatic N) is 1. The highest BCUT2D eigenvalue weighted by atomic mass is 16.3. The van der Waals surface area contributed by atoms with Crippen molar-refractivity contribution in [2.45, 2.75) is 52.6 Å². The standard InChI is InChI=1S/C22H29N3O3/c1-13-5-6-14(2)20-19(13)16(15(3)24-20)11-18(27)25-10-7-17(26)22(12-25)8-4-9-23-21(22)28/h5-6,17,24,26H,4,7-12H2,1-3H3,(H,23,28)/t17-,22+/m0/s1. The number of benzene rings is 1.